The van der Waals surface area contributed by atoms with E-state index in [-0.39, 0.29) is 25.9 Å². The summed E-state index contributed by atoms with van der Waals surface area (Å²) in [6.07, 6.45) is -6.95. The standard InChI is InChI=1S/C14H13F9O/c15-11(16,12(17,18)13(19,20)14(21,22)23)10-7-2-1-5-9(10)6-3-4-8-24/h1-2,5,7,24H,3-4,6,8H2. The van der Waals surface area contributed by atoms with E-state index >= 15 is 0 Å². The van der Waals surface area contributed by atoms with Crippen LogP contribution in [0.25, 0.3) is 0 Å². The van der Waals surface area contributed by atoms with Crippen molar-refractivity contribution in [2.45, 2.75) is 43.2 Å². The first-order chi connectivity index (χ1) is 10.8. The zero-order chi connectivity index (χ0) is 18.8. The summed E-state index contributed by atoms with van der Waals surface area (Å²) in [5, 5.41) is 8.61. The van der Waals surface area contributed by atoms with Crippen LogP contribution < -0.4 is 0 Å². The summed E-state index contributed by atoms with van der Waals surface area (Å²) in [5.74, 6) is -19.3. The molecule has 138 valence electrons. The second-order valence-corrected chi connectivity index (χ2v) is 5.06. The molecule has 0 aliphatic carbocycles. The topological polar surface area (TPSA) is 20.2 Å². The SMILES string of the molecule is OCCCCc1ccccc1C(F)(F)C(F)(F)C(F)(F)C(F)(F)F. The molecule has 0 radical (unpaired) electrons. The van der Waals surface area contributed by atoms with Gasteiger partial charge in [0.25, 0.3) is 0 Å². The van der Waals surface area contributed by atoms with Gasteiger partial charge < -0.3 is 5.11 Å². The van der Waals surface area contributed by atoms with Crippen LogP contribution in [0.1, 0.15) is 24.0 Å². The Hall–Kier alpha value is -1.45. The van der Waals surface area contributed by atoms with Gasteiger partial charge in [-0.25, -0.2) is 0 Å². The van der Waals surface area contributed by atoms with Crippen LogP contribution in [0, 0.1) is 0 Å². The lowest BCUT2D eigenvalue weighted by atomic mass is 9.91. The second-order valence-electron chi connectivity index (χ2n) is 5.06. The Balaban J connectivity index is 3.33. The Kier molecular flexibility index (Phi) is 5.85. The molecule has 0 aliphatic rings. The summed E-state index contributed by atoms with van der Waals surface area (Å²) < 4.78 is 117. The molecule has 0 heterocycles. The highest BCUT2D eigenvalue weighted by Crippen LogP contribution is 2.57. The summed E-state index contributed by atoms with van der Waals surface area (Å²) in [6.45, 7) is -0.319. The summed E-state index contributed by atoms with van der Waals surface area (Å²) >= 11 is 0. The normalized spacial score (nSPS) is 14.1. The Morgan fingerprint density at radius 1 is 0.750 bits per heavy atom. The molecule has 1 aromatic carbocycles. The molecule has 0 saturated heterocycles. The Labute approximate surface area is 131 Å². The Morgan fingerprint density at radius 3 is 1.79 bits per heavy atom. The number of hydrogen-bond acceptors (Lipinski definition) is 1. The molecule has 0 spiro atoms. The third-order valence-electron chi connectivity index (χ3n) is 3.35. The van der Waals surface area contributed by atoms with Crippen LogP contribution in [0.2, 0.25) is 0 Å². The van der Waals surface area contributed by atoms with Gasteiger partial charge in [0, 0.05) is 12.2 Å². The zero-order valence-electron chi connectivity index (χ0n) is 12.0. The summed E-state index contributed by atoms with van der Waals surface area (Å²) in [5.41, 5.74) is -2.09. The smallest absolute Gasteiger partial charge is 0.396 e. The molecule has 24 heavy (non-hydrogen) atoms. The summed E-state index contributed by atoms with van der Waals surface area (Å²) in [7, 11) is 0. The van der Waals surface area contributed by atoms with Crippen LogP contribution >= 0.6 is 0 Å². The fraction of sp³-hybridized carbons (Fsp3) is 0.571. The second kappa shape index (κ2) is 6.81. The number of halogens is 9. The van der Waals surface area contributed by atoms with Crippen molar-refractivity contribution in [2.75, 3.05) is 6.61 Å². The maximum Gasteiger partial charge on any atom is 0.460 e. The molecule has 0 fully saturated rings. The Morgan fingerprint density at radius 2 is 1.29 bits per heavy atom. The number of rotatable bonds is 7. The minimum absolute atomic E-state index is 0.0603. The zero-order valence-corrected chi connectivity index (χ0v) is 12.0. The van der Waals surface area contributed by atoms with Crippen LogP contribution in [-0.2, 0) is 12.3 Å². The van der Waals surface area contributed by atoms with Crippen molar-refractivity contribution < 1.29 is 44.6 Å². The van der Waals surface area contributed by atoms with E-state index in [1.165, 1.54) is 0 Å². The van der Waals surface area contributed by atoms with Crippen molar-refractivity contribution in [3.63, 3.8) is 0 Å². The highest BCUT2D eigenvalue weighted by Gasteiger charge is 2.82. The third-order valence-corrected chi connectivity index (χ3v) is 3.35. The number of aliphatic hydroxyl groups excluding tert-OH is 1. The van der Waals surface area contributed by atoms with Crippen LogP contribution in [0.5, 0.6) is 0 Å². The van der Waals surface area contributed by atoms with Crippen molar-refractivity contribution in [3.05, 3.63) is 35.4 Å². The summed E-state index contributed by atoms with van der Waals surface area (Å²) in [4.78, 5) is 0. The van der Waals surface area contributed by atoms with Crippen LogP contribution in [-0.4, -0.2) is 29.7 Å². The van der Waals surface area contributed by atoms with Crippen molar-refractivity contribution in [3.8, 4) is 0 Å². The van der Waals surface area contributed by atoms with Crippen molar-refractivity contribution in [2.24, 2.45) is 0 Å². The van der Waals surface area contributed by atoms with Crippen molar-refractivity contribution in [1.82, 2.24) is 0 Å². The fourth-order valence-electron chi connectivity index (χ4n) is 2.02. The molecule has 1 nitrogen and oxygen atoms in total. The van der Waals surface area contributed by atoms with E-state index in [4.69, 9.17) is 5.11 Å². The number of benzene rings is 1. The maximum absolute atomic E-state index is 14.0. The molecule has 1 N–H and O–H groups in total. The largest absolute Gasteiger partial charge is 0.460 e. The van der Waals surface area contributed by atoms with Crippen LogP contribution in [0.15, 0.2) is 24.3 Å². The first-order valence-corrected chi connectivity index (χ1v) is 6.70. The van der Waals surface area contributed by atoms with E-state index in [1.807, 2.05) is 0 Å². The summed E-state index contributed by atoms with van der Waals surface area (Å²) in [6, 6.07) is 3.31. The van der Waals surface area contributed by atoms with E-state index in [1.54, 1.807) is 0 Å². The quantitative estimate of drug-likeness (QED) is 0.535. The van der Waals surface area contributed by atoms with E-state index in [9.17, 15) is 39.5 Å². The molecule has 0 saturated carbocycles. The molecule has 1 aromatic rings. The lowest BCUT2D eigenvalue weighted by Crippen LogP contribution is -2.59. The van der Waals surface area contributed by atoms with Gasteiger partial charge >= 0.3 is 23.9 Å². The number of alkyl halides is 9. The monoisotopic (exact) mass is 368 g/mol. The average molecular weight is 368 g/mol. The molecule has 10 heteroatoms. The lowest BCUT2D eigenvalue weighted by Gasteiger charge is -2.34. The molecule has 0 atom stereocenters. The van der Waals surface area contributed by atoms with Gasteiger partial charge in [0.1, 0.15) is 0 Å². The Bertz CT molecular complexity index is 551. The molecular weight excluding hydrogens is 355 g/mol. The molecule has 0 aliphatic heterocycles. The molecule has 1 rings (SSSR count). The highest BCUT2D eigenvalue weighted by atomic mass is 19.4. The first-order valence-electron chi connectivity index (χ1n) is 6.70. The minimum Gasteiger partial charge on any atom is -0.396 e. The van der Waals surface area contributed by atoms with E-state index < -0.39 is 35.1 Å². The number of unbranched alkanes of at least 4 members (excludes halogenated alkanes) is 1. The molecular formula is C14H13F9O. The van der Waals surface area contributed by atoms with Gasteiger partial charge in [0.15, 0.2) is 0 Å². The predicted octanol–water partition coefficient (Wildman–Crippen LogP) is 4.93. The van der Waals surface area contributed by atoms with Gasteiger partial charge in [-0.05, 0) is 24.8 Å². The van der Waals surface area contributed by atoms with Gasteiger partial charge in [-0.1, -0.05) is 24.3 Å². The molecule has 0 bridgehead atoms. The van der Waals surface area contributed by atoms with Gasteiger partial charge in [-0.3, -0.25) is 0 Å². The fourth-order valence-corrected chi connectivity index (χ4v) is 2.02. The molecule has 0 amide bonds. The molecule has 0 unspecified atom stereocenters. The van der Waals surface area contributed by atoms with E-state index in [0.717, 1.165) is 18.2 Å². The van der Waals surface area contributed by atoms with Gasteiger partial charge in [-0.15, -0.1) is 0 Å². The molecule has 0 aromatic heterocycles. The number of aliphatic hydroxyl groups is 1. The van der Waals surface area contributed by atoms with Gasteiger partial charge in [0.2, 0.25) is 0 Å². The van der Waals surface area contributed by atoms with Crippen molar-refractivity contribution >= 4 is 0 Å². The first kappa shape index (κ1) is 20.6. The van der Waals surface area contributed by atoms with Crippen molar-refractivity contribution in [1.29, 1.82) is 0 Å². The number of hydrogen-bond donors (Lipinski definition) is 1. The predicted molar refractivity (Wildman–Crippen MR) is 66.3 cm³/mol. The van der Waals surface area contributed by atoms with Crippen LogP contribution in [0.4, 0.5) is 39.5 Å². The van der Waals surface area contributed by atoms with Crippen LogP contribution in [0.3, 0.4) is 0 Å². The maximum atomic E-state index is 14.0. The minimum atomic E-state index is -6.91. The third kappa shape index (κ3) is 3.47. The van der Waals surface area contributed by atoms with E-state index in [2.05, 4.69) is 0 Å². The van der Waals surface area contributed by atoms with Gasteiger partial charge in [0.05, 0.1) is 0 Å². The highest BCUT2D eigenvalue weighted by molar-refractivity contribution is 5.33. The number of aryl methyl sites for hydroxylation is 1. The van der Waals surface area contributed by atoms with E-state index in [0.29, 0.717) is 6.07 Å². The lowest BCUT2D eigenvalue weighted by molar-refractivity contribution is -0.399. The van der Waals surface area contributed by atoms with Gasteiger partial charge in [-0.2, -0.15) is 39.5 Å². The average Bonchev–Trinajstić information content (AvgIpc) is 2.46.